The Morgan fingerprint density at radius 1 is 0.643 bits per heavy atom. The van der Waals surface area contributed by atoms with Crippen molar-refractivity contribution in [1.82, 2.24) is 0 Å². The Labute approximate surface area is 173 Å². The molecule has 0 radical (unpaired) electrons. The standard InChI is InChI=1S/C27H32As/c1-3-4-5-9-16-24(2)23-28(25-17-10-6-11-18-25,26-19-12-7-13-20-26)27-21-14-8-15-22-27/h6-8,10-15,17-22H,2-5,9,16,23H2,1H3/q+1. The minimum atomic E-state index is -2.62. The number of unbranched alkanes of at least 4 members (excludes halogenated alkanes) is 3. The Hall–Kier alpha value is -2.04. The minimum absolute atomic E-state index is 1.11. The van der Waals surface area contributed by atoms with Gasteiger partial charge in [-0.05, 0) is 0 Å². The van der Waals surface area contributed by atoms with Crippen LogP contribution in [0.15, 0.2) is 103 Å². The van der Waals surface area contributed by atoms with Crippen LogP contribution in [0, 0.1) is 0 Å². The molecule has 3 rings (SSSR count). The van der Waals surface area contributed by atoms with E-state index in [-0.39, 0.29) is 0 Å². The van der Waals surface area contributed by atoms with Gasteiger partial charge in [-0.3, -0.25) is 0 Å². The van der Waals surface area contributed by atoms with Crippen LogP contribution in [0.5, 0.6) is 0 Å². The first kappa shape index (κ1) is 20.7. The first-order chi connectivity index (χ1) is 13.8. The van der Waals surface area contributed by atoms with Gasteiger partial charge in [0.1, 0.15) is 0 Å². The molecule has 0 saturated carbocycles. The molecule has 3 aromatic rings. The molecule has 0 N–H and O–H groups in total. The number of allylic oxidation sites excluding steroid dienone is 1. The second-order valence-corrected chi connectivity index (χ2v) is 14.8. The molecule has 0 nitrogen and oxygen atoms in total. The van der Waals surface area contributed by atoms with Crippen molar-refractivity contribution in [2.45, 2.75) is 44.2 Å². The van der Waals surface area contributed by atoms with Gasteiger partial charge in [-0.2, -0.15) is 0 Å². The van der Waals surface area contributed by atoms with E-state index in [1.54, 1.807) is 0 Å². The van der Waals surface area contributed by atoms with Gasteiger partial charge in [0.25, 0.3) is 0 Å². The predicted octanol–water partition coefficient (Wildman–Crippen LogP) is 5.68. The average molecular weight is 431 g/mol. The van der Waals surface area contributed by atoms with Gasteiger partial charge in [0, 0.05) is 0 Å². The summed E-state index contributed by atoms with van der Waals surface area (Å²) in [5, 5.41) is 1.11. The van der Waals surface area contributed by atoms with Crippen LogP contribution in [0.4, 0.5) is 0 Å². The molecular weight excluding hydrogens is 399 g/mol. The molecule has 0 aliphatic carbocycles. The van der Waals surface area contributed by atoms with Crippen molar-refractivity contribution < 1.29 is 0 Å². The fraction of sp³-hybridized carbons (Fsp3) is 0.259. The number of hydrogen-bond donors (Lipinski definition) is 0. The van der Waals surface area contributed by atoms with Gasteiger partial charge in [0.05, 0.1) is 0 Å². The first-order valence-corrected chi connectivity index (χ1v) is 14.6. The van der Waals surface area contributed by atoms with E-state index in [9.17, 15) is 0 Å². The molecule has 1 heteroatoms. The monoisotopic (exact) mass is 431 g/mol. The van der Waals surface area contributed by atoms with E-state index in [2.05, 4.69) is 104 Å². The van der Waals surface area contributed by atoms with Crippen LogP contribution in [-0.2, 0) is 0 Å². The molecule has 0 unspecified atom stereocenters. The average Bonchev–Trinajstić information content (AvgIpc) is 2.77. The second kappa shape index (κ2) is 10.5. The summed E-state index contributed by atoms with van der Waals surface area (Å²) in [6, 6.07) is 33.6. The van der Waals surface area contributed by atoms with Crippen molar-refractivity contribution in [2.24, 2.45) is 0 Å². The van der Waals surface area contributed by atoms with E-state index >= 15 is 0 Å². The Balaban J connectivity index is 2.05. The molecule has 144 valence electrons. The summed E-state index contributed by atoms with van der Waals surface area (Å²) in [6.07, 6.45) is 6.34. The van der Waals surface area contributed by atoms with E-state index in [1.165, 1.54) is 44.3 Å². The fourth-order valence-corrected chi connectivity index (χ4v) is 13.0. The van der Waals surface area contributed by atoms with Crippen molar-refractivity contribution in [3.63, 3.8) is 0 Å². The van der Waals surface area contributed by atoms with Crippen molar-refractivity contribution in [3.8, 4) is 0 Å². The van der Waals surface area contributed by atoms with Crippen molar-refractivity contribution in [2.75, 3.05) is 0 Å². The molecule has 0 aliphatic rings. The van der Waals surface area contributed by atoms with Gasteiger partial charge in [-0.25, -0.2) is 0 Å². The Bertz CT molecular complexity index is 741. The van der Waals surface area contributed by atoms with Crippen molar-refractivity contribution in [1.29, 1.82) is 0 Å². The summed E-state index contributed by atoms with van der Waals surface area (Å²) in [5.74, 6) is 0. The molecule has 0 fully saturated rings. The molecular formula is C27H32As+. The van der Waals surface area contributed by atoms with Gasteiger partial charge < -0.3 is 0 Å². The van der Waals surface area contributed by atoms with Gasteiger partial charge >= 0.3 is 174 Å². The van der Waals surface area contributed by atoms with E-state index in [1.807, 2.05) is 0 Å². The molecule has 0 aliphatic heterocycles. The van der Waals surface area contributed by atoms with Crippen LogP contribution < -0.4 is 13.1 Å². The number of benzene rings is 3. The molecule has 0 heterocycles. The number of hydrogen-bond acceptors (Lipinski definition) is 0. The molecule has 3 aromatic carbocycles. The molecule has 0 saturated heterocycles. The van der Waals surface area contributed by atoms with E-state index in [0.717, 1.165) is 11.6 Å². The molecule has 28 heavy (non-hydrogen) atoms. The third kappa shape index (κ3) is 4.86. The summed E-state index contributed by atoms with van der Waals surface area (Å²) in [6.45, 7) is 6.83. The molecule has 0 aromatic heterocycles. The quantitative estimate of drug-likeness (QED) is 0.220. The summed E-state index contributed by atoms with van der Waals surface area (Å²) in [5.41, 5.74) is 1.42. The fourth-order valence-electron chi connectivity index (χ4n) is 3.98. The zero-order valence-electron chi connectivity index (χ0n) is 17.1. The normalized spacial score (nSPS) is 11.3. The summed E-state index contributed by atoms with van der Waals surface area (Å²) < 4.78 is 4.52. The second-order valence-electron chi connectivity index (χ2n) is 7.54. The zero-order chi connectivity index (χ0) is 19.7. The van der Waals surface area contributed by atoms with Crippen LogP contribution in [0.1, 0.15) is 39.0 Å². The maximum absolute atomic E-state index is 4.56. The van der Waals surface area contributed by atoms with E-state index in [0.29, 0.717) is 0 Å². The van der Waals surface area contributed by atoms with Gasteiger partial charge in [0.2, 0.25) is 0 Å². The van der Waals surface area contributed by atoms with Gasteiger partial charge in [-0.15, -0.1) is 0 Å². The third-order valence-electron chi connectivity index (χ3n) is 5.44. The predicted molar refractivity (Wildman–Crippen MR) is 127 cm³/mol. The SMILES string of the molecule is C=C(CCCCCC)C[As+](c1ccccc1)(c1ccccc1)c1ccccc1. The molecule has 0 amide bonds. The Morgan fingerprint density at radius 2 is 1.07 bits per heavy atom. The van der Waals surface area contributed by atoms with Crippen LogP contribution >= 0.6 is 0 Å². The number of rotatable bonds is 10. The van der Waals surface area contributed by atoms with Crippen molar-refractivity contribution >= 4 is 26.6 Å². The molecule has 0 bridgehead atoms. The van der Waals surface area contributed by atoms with Gasteiger partial charge in [-0.1, -0.05) is 0 Å². The van der Waals surface area contributed by atoms with Crippen LogP contribution in [-0.4, -0.2) is 13.6 Å². The van der Waals surface area contributed by atoms with Crippen LogP contribution in [0.25, 0.3) is 0 Å². The summed E-state index contributed by atoms with van der Waals surface area (Å²) in [7, 11) is 0. The Morgan fingerprint density at radius 3 is 1.46 bits per heavy atom. The van der Waals surface area contributed by atoms with Gasteiger partial charge in [0.15, 0.2) is 0 Å². The first-order valence-electron chi connectivity index (χ1n) is 10.5. The zero-order valence-corrected chi connectivity index (χ0v) is 18.9. The van der Waals surface area contributed by atoms with Crippen LogP contribution in [0.3, 0.4) is 0 Å². The molecule has 0 atom stereocenters. The van der Waals surface area contributed by atoms with Crippen LogP contribution in [0.2, 0.25) is 5.21 Å². The van der Waals surface area contributed by atoms with E-state index < -0.39 is 13.6 Å². The third-order valence-corrected chi connectivity index (χ3v) is 14.8. The summed E-state index contributed by atoms with van der Waals surface area (Å²) >= 11 is -2.62. The Kier molecular flexibility index (Phi) is 7.75. The molecule has 0 spiro atoms. The topological polar surface area (TPSA) is 0 Å². The van der Waals surface area contributed by atoms with E-state index in [4.69, 9.17) is 0 Å². The maximum atomic E-state index is 4.56. The van der Waals surface area contributed by atoms with Crippen molar-refractivity contribution in [3.05, 3.63) is 103 Å². The summed E-state index contributed by atoms with van der Waals surface area (Å²) in [4.78, 5) is 0.